The molecule has 0 aliphatic rings. The van der Waals surface area contributed by atoms with Gasteiger partial charge in [0, 0.05) is 0 Å². The molecule has 2 aromatic carbocycles. The normalized spacial score (nSPS) is 10.5. The van der Waals surface area contributed by atoms with E-state index in [4.69, 9.17) is 9.15 Å². The minimum absolute atomic E-state index is 0.115. The van der Waals surface area contributed by atoms with E-state index < -0.39 is 5.91 Å². The largest absolute Gasteiger partial charge is 0.485 e. The van der Waals surface area contributed by atoms with Gasteiger partial charge in [0.15, 0.2) is 11.6 Å². The monoisotopic (exact) mass is 412 g/mol. The number of carbonyl (C=O) groups excluding carboxylic acids is 1. The van der Waals surface area contributed by atoms with E-state index in [-0.39, 0.29) is 23.7 Å². The first-order chi connectivity index (χ1) is 15.0. The molecular weight excluding hydrogens is 392 g/mol. The summed E-state index contributed by atoms with van der Waals surface area (Å²) < 4.78 is 13.0. The van der Waals surface area contributed by atoms with E-state index >= 15 is 0 Å². The lowest BCUT2D eigenvalue weighted by Crippen LogP contribution is -2.15. The van der Waals surface area contributed by atoms with Crippen molar-refractivity contribution in [3.05, 3.63) is 95.1 Å². The molecule has 1 N–H and O–H groups in total. The number of benzene rings is 2. The molecule has 0 spiro atoms. The Morgan fingerprint density at radius 2 is 1.97 bits per heavy atom. The highest BCUT2D eigenvalue weighted by Gasteiger charge is 2.18. The topological polar surface area (TPSA) is 93.1 Å². The van der Waals surface area contributed by atoms with Crippen LogP contribution in [-0.2, 0) is 6.61 Å². The van der Waals surface area contributed by atoms with Crippen molar-refractivity contribution in [1.82, 2.24) is 9.78 Å². The van der Waals surface area contributed by atoms with E-state index in [1.165, 1.54) is 10.9 Å². The number of hydrogen-bond donors (Lipinski definition) is 1. The lowest BCUT2D eigenvalue weighted by Gasteiger charge is -2.09. The van der Waals surface area contributed by atoms with Crippen LogP contribution in [0.5, 0.6) is 5.75 Å². The third-order valence-electron chi connectivity index (χ3n) is 4.72. The number of rotatable bonds is 6. The molecule has 0 fully saturated rings. The molecule has 0 unspecified atom stereocenters. The van der Waals surface area contributed by atoms with Crippen molar-refractivity contribution < 1.29 is 13.9 Å². The maximum absolute atomic E-state index is 12.8. The molecule has 2 aromatic heterocycles. The zero-order chi connectivity index (χ0) is 21.8. The predicted molar refractivity (Wildman–Crippen MR) is 115 cm³/mol. The summed E-state index contributed by atoms with van der Waals surface area (Å²) >= 11 is 0. The van der Waals surface area contributed by atoms with Crippen LogP contribution in [0.25, 0.3) is 5.69 Å². The van der Waals surface area contributed by atoms with Crippen LogP contribution in [-0.4, -0.2) is 15.7 Å². The summed E-state index contributed by atoms with van der Waals surface area (Å²) in [4.78, 5) is 12.8. The quantitative estimate of drug-likeness (QED) is 0.492. The Bertz CT molecular complexity index is 1270. The Balaban J connectivity index is 1.49. The van der Waals surface area contributed by atoms with Crippen LogP contribution in [0.15, 0.2) is 71.3 Å². The van der Waals surface area contributed by atoms with Gasteiger partial charge in [0.2, 0.25) is 0 Å². The highest BCUT2D eigenvalue weighted by molar-refractivity contribution is 6.02. The molecule has 0 aliphatic carbocycles. The molecule has 0 atom stereocenters. The summed E-state index contributed by atoms with van der Waals surface area (Å²) in [6, 6.07) is 20.5. The Hall–Kier alpha value is -4.31. The molecular formula is C24H20N4O3. The van der Waals surface area contributed by atoms with E-state index in [1.807, 2.05) is 68.4 Å². The minimum Gasteiger partial charge on any atom is -0.485 e. The van der Waals surface area contributed by atoms with Crippen LogP contribution in [0.2, 0.25) is 0 Å². The van der Waals surface area contributed by atoms with Gasteiger partial charge in [-0.3, -0.25) is 4.79 Å². The van der Waals surface area contributed by atoms with Gasteiger partial charge in [-0.1, -0.05) is 30.3 Å². The number of aryl methyl sites for hydroxylation is 2. The second kappa shape index (κ2) is 8.59. The fraction of sp³-hybridized carbons (Fsp3) is 0.125. The molecule has 0 aliphatic heterocycles. The van der Waals surface area contributed by atoms with Gasteiger partial charge < -0.3 is 14.5 Å². The summed E-state index contributed by atoms with van der Waals surface area (Å²) in [5.74, 6) is 1.20. The molecule has 4 aromatic rings. The lowest BCUT2D eigenvalue weighted by atomic mass is 10.1. The van der Waals surface area contributed by atoms with E-state index in [0.717, 1.165) is 22.6 Å². The van der Waals surface area contributed by atoms with Gasteiger partial charge in [0.1, 0.15) is 29.7 Å². The van der Waals surface area contributed by atoms with Crippen molar-refractivity contribution in [1.29, 1.82) is 5.26 Å². The van der Waals surface area contributed by atoms with Crippen LogP contribution >= 0.6 is 0 Å². The molecule has 2 heterocycles. The number of hydrogen-bond acceptors (Lipinski definition) is 5. The van der Waals surface area contributed by atoms with Gasteiger partial charge in [0.05, 0.1) is 11.9 Å². The number of nitrogens with one attached hydrogen (secondary N) is 1. The van der Waals surface area contributed by atoms with Gasteiger partial charge in [-0.15, -0.1) is 0 Å². The van der Waals surface area contributed by atoms with Crippen LogP contribution in [0.4, 0.5) is 5.82 Å². The van der Waals surface area contributed by atoms with Gasteiger partial charge in [0.25, 0.3) is 5.91 Å². The van der Waals surface area contributed by atoms with Crippen molar-refractivity contribution in [2.45, 2.75) is 20.5 Å². The first-order valence-electron chi connectivity index (χ1n) is 9.69. The molecule has 31 heavy (non-hydrogen) atoms. The van der Waals surface area contributed by atoms with Gasteiger partial charge >= 0.3 is 0 Å². The van der Waals surface area contributed by atoms with Crippen LogP contribution < -0.4 is 10.1 Å². The Kier molecular flexibility index (Phi) is 5.54. The highest BCUT2D eigenvalue weighted by Crippen LogP contribution is 2.23. The maximum Gasteiger partial charge on any atom is 0.292 e. The fourth-order valence-electron chi connectivity index (χ4n) is 3.07. The summed E-state index contributed by atoms with van der Waals surface area (Å²) in [7, 11) is 0. The van der Waals surface area contributed by atoms with E-state index in [2.05, 4.69) is 10.4 Å². The number of anilines is 1. The van der Waals surface area contributed by atoms with E-state index in [1.54, 1.807) is 12.1 Å². The summed E-state index contributed by atoms with van der Waals surface area (Å²) in [6.45, 7) is 4.17. The molecule has 154 valence electrons. The van der Waals surface area contributed by atoms with Gasteiger partial charge in [-0.25, -0.2) is 4.68 Å². The van der Waals surface area contributed by atoms with E-state index in [9.17, 15) is 10.1 Å². The zero-order valence-electron chi connectivity index (χ0n) is 17.1. The second-order valence-corrected chi connectivity index (χ2v) is 7.04. The predicted octanol–water partition coefficient (Wildman–Crippen LogP) is 4.79. The number of para-hydroxylation sites is 1. The average Bonchev–Trinajstić information content (AvgIpc) is 3.42. The van der Waals surface area contributed by atoms with Crippen molar-refractivity contribution >= 4 is 11.7 Å². The molecule has 4 rings (SSSR count). The Labute approximate surface area is 179 Å². The van der Waals surface area contributed by atoms with Gasteiger partial charge in [-0.2, -0.15) is 10.4 Å². The van der Waals surface area contributed by atoms with E-state index in [0.29, 0.717) is 5.76 Å². The van der Waals surface area contributed by atoms with Crippen LogP contribution in [0, 0.1) is 25.2 Å². The number of nitrogens with zero attached hydrogens (tertiary/aromatic N) is 3. The molecule has 0 radical (unpaired) electrons. The summed E-state index contributed by atoms with van der Waals surface area (Å²) in [5.41, 5.74) is 3.10. The zero-order valence-corrected chi connectivity index (χ0v) is 17.1. The number of aromatic nitrogens is 2. The third kappa shape index (κ3) is 4.33. The summed E-state index contributed by atoms with van der Waals surface area (Å²) in [6.07, 6.45) is 1.41. The fourth-order valence-corrected chi connectivity index (χ4v) is 3.07. The average molecular weight is 412 g/mol. The first kappa shape index (κ1) is 20.0. The Morgan fingerprint density at radius 1 is 1.16 bits per heavy atom. The third-order valence-corrected chi connectivity index (χ3v) is 4.72. The molecule has 7 nitrogen and oxygen atoms in total. The number of carbonyl (C=O) groups is 1. The number of amides is 1. The summed E-state index contributed by atoms with van der Waals surface area (Å²) in [5, 5.41) is 16.3. The minimum atomic E-state index is -0.479. The number of ether oxygens (including phenoxy) is 1. The molecule has 0 bridgehead atoms. The van der Waals surface area contributed by atoms with Crippen molar-refractivity contribution in [3.63, 3.8) is 0 Å². The van der Waals surface area contributed by atoms with Crippen LogP contribution in [0.3, 0.4) is 0 Å². The standard InChI is InChI=1S/C24H20N4O3/c1-16-8-9-17(2)22(12-16)30-15-20-10-11-21(31-20)24(29)27-23-18(13-25)14-26-28(23)19-6-4-3-5-7-19/h3-12,14H,15H2,1-2H3,(H,27,29). The second-order valence-electron chi connectivity index (χ2n) is 7.04. The lowest BCUT2D eigenvalue weighted by molar-refractivity contribution is 0.0992. The molecule has 0 saturated carbocycles. The molecule has 1 amide bonds. The SMILES string of the molecule is Cc1ccc(C)c(OCc2ccc(C(=O)Nc3c(C#N)cnn3-c3ccccc3)o2)c1. The van der Waals surface area contributed by atoms with Crippen LogP contribution in [0.1, 0.15) is 33.0 Å². The molecule has 0 saturated heterocycles. The number of nitriles is 1. The van der Waals surface area contributed by atoms with Crippen molar-refractivity contribution in [3.8, 4) is 17.5 Å². The maximum atomic E-state index is 12.8. The van der Waals surface area contributed by atoms with Crippen molar-refractivity contribution in [2.24, 2.45) is 0 Å². The first-order valence-corrected chi connectivity index (χ1v) is 9.69. The van der Waals surface area contributed by atoms with Crippen molar-refractivity contribution in [2.75, 3.05) is 5.32 Å². The smallest absolute Gasteiger partial charge is 0.292 e. The highest BCUT2D eigenvalue weighted by atomic mass is 16.5. The molecule has 7 heteroatoms. The Morgan fingerprint density at radius 3 is 2.74 bits per heavy atom. The number of furan rings is 1. The van der Waals surface area contributed by atoms with Gasteiger partial charge in [-0.05, 0) is 55.3 Å².